The number of ether oxygens (including phenoxy) is 1. The standard InChI is InChI=1S/C11H17FN2O3S/c1-8(6-7-17-2)14-18(15,16)11-9(12)4-3-5-10(11)13/h3-5,8,14H,6-7,13H2,1-2H3. The summed E-state index contributed by atoms with van der Waals surface area (Å²) < 4.78 is 44.7. The van der Waals surface area contributed by atoms with E-state index in [1.54, 1.807) is 6.92 Å². The Labute approximate surface area is 106 Å². The van der Waals surface area contributed by atoms with Gasteiger partial charge in [0.1, 0.15) is 10.7 Å². The lowest BCUT2D eigenvalue weighted by Gasteiger charge is -2.15. The van der Waals surface area contributed by atoms with E-state index < -0.39 is 20.7 Å². The Kier molecular flexibility index (Phi) is 5.06. The molecule has 5 nitrogen and oxygen atoms in total. The lowest BCUT2D eigenvalue weighted by Crippen LogP contribution is -2.34. The zero-order chi connectivity index (χ0) is 13.8. The number of methoxy groups -OCH3 is 1. The summed E-state index contributed by atoms with van der Waals surface area (Å²) in [5, 5.41) is 0. The fourth-order valence-corrected chi connectivity index (χ4v) is 2.95. The van der Waals surface area contributed by atoms with Gasteiger partial charge in [0.15, 0.2) is 0 Å². The number of nitrogen functional groups attached to an aromatic ring is 1. The molecule has 0 fully saturated rings. The van der Waals surface area contributed by atoms with Crippen LogP contribution in [0.15, 0.2) is 23.1 Å². The van der Waals surface area contributed by atoms with Crippen molar-refractivity contribution in [2.45, 2.75) is 24.3 Å². The van der Waals surface area contributed by atoms with E-state index in [2.05, 4.69) is 4.72 Å². The van der Waals surface area contributed by atoms with Gasteiger partial charge in [0.25, 0.3) is 0 Å². The number of benzene rings is 1. The Morgan fingerprint density at radius 1 is 1.50 bits per heavy atom. The van der Waals surface area contributed by atoms with Crippen molar-refractivity contribution in [2.75, 3.05) is 19.5 Å². The first-order chi connectivity index (χ1) is 8.38. The molecule has 0 saturated heterocycles. The van der Waals surface area contributed by atoms with Gasteiger partial charge in [-0.1, -0.05) is 6.07 Å². The predicted octanol–water partition coefficient (Wildman–Crippen LogP) is 1.11. The maximum Gasteiger partial charge on any atom is 0.245 e. The first kappa shape index (κ1) is 14.9. The van der Waals surface area contributed by atoms with E-state index >= 15 is 0 Å². The number of rotatable bonds is 6. The molecule has 0 aliphatic rings. The molecule has 0 radical (unpaired) electrons. The molecule has 0 amide bonds. The number of sulfonamides is 1. The van der Waals surface area contributed by atoms with E-state index in [4.69, 9.17) is 10.5 Å². The van der Waals surface area contributed by atoms with Crippen molar-refractivity contribution < 1.29 is 17.5 Å². The second-order valence-corrected chi connectivity index (χ2v) is 5.61. The summed E-state index contributed by atoms with van der Waals surface area (Å²) >= 11 is 0. The maximum atomic E-state index is 13.5. The molecular formula is C11H17FN2O3S. The minimum atomic E-state index is -3.96. The van der Waals surface area contributed by atoms with Crippen molar-refractivity contribution in [2.24, 2.45) is 0 Å². The van der Waals surface area contributed by atoms with Gasteiger partial charge in [-0.3, -0.25) is 0 Å². The average Bonchev–Trinajstić information content (AvgIpc) is 2.25. The zero-order valence-corrected chi connectivity index (χ0v) is 11.1. The Morgan fingerprint density at radius 3 is 2.72 bits per heavy atom. The van der Waals surface area contributed by atoms with Crippen LogP contribution >= 0.6 is 0 Å². The van der Waals surface area contributed by atoms with Gasteiger partial charge in [-0.15, -0.1) is 0 Å². The molecular weight excluding hydrogens is 259 g/mol. The van der Waals surface area contributed by atoms with E-state index in [0.717, 1.165) is 6.07 Å². The summed E-state index contributed by atoms with van der Waals surface area (Å²) in [6.07, 6.45) is 0.490. The molecule has 0 spiro atoms. The predicted molar refractivity (Wildman–Crippen MR) is 67.1 cm³/mol. The van der Waals surface area contributed by atoms with E-state index in [1.807, 2.05) is 0 Å². The van der Waals surface area contributed by atoms with Crippen LogP contribution in [0.4, 0.5) is 10.1 Å². The highest BCUT2D eigenvalue weighted by Crippen LogP contribution is 2.21. The molecule has 0 heterocycles. The number of halogens is 1. The van der Waals surface area contributed by atoms with Crippen LogP contribution in [0.5, 0.6) is 0 Å². The van der Waals surface area contributed by atoms with Crippen LogP contribution in [-0.2, 0) is 14.8 Å². The lowest BCUT2D eigenvalue weighted by atomic mass is 10.3. The molecule has 0 bridgehead atoms. The molecule has 1 aromatic carbocycles. The van der Waals surface area contributed by atoms with Crippen LogP contribution < -0.4 is 10.5 Å². The minimum absolute atomic E-state index is 0.110. The first-order valence-electron chi connectivity index (χ1n) is 5.43. The third-order valence-corrected chi connectivity index (χ3v) is 4.06. The number of nitrogens with two attached hydrogens (primary N) is 1. The average molecular weight is 276 g/mol. The molecule has 102 valence electrons. The summed E-state index contributed by atoms with van der Waals surface area (Å²) in [7, 11) is -2.43. The Bertz CT molecular complexity index is 485. The largest absolute Gasteiger partial charge is 0.398 e. The van der Waals surface area contributed by atoms with E-state index in [-0.39, 0.29) is 11.7 Å². The molecule has 7 heteroatoms. The quantitative estimate of drug-likeness (QED) is 0.763. The van der Waals surface area contributed by atoms with E-state index in [1.165, 1.54) is 19.2 Å². The number of hydrogen-bond donors (Lipinski definition) is 2. The van der Waals surface area contributed by atoms with Gasteiger partial charge in [0.2, 0.25) is 10.0 Å². The smallest absolute Gasteiger partial charge is 0.245 e. The third-order valence-electron chi connectivity index (χ3n) is 2.38. The van der Waals surface area contributed by atoms with Gasteiger partial charge in [-0.25, -0.2) is 17.5 Å². The van der Waals surface area contributed by atoms with Gasteiger partial charge < -0.3 is 10.5 Å². The lowest BCUT2D eigenvalue weighted by molar-refractivity contribution is 0.188. The van der Waals surface area contributed by atoms with Crippen LogP contribution in [0.1, 0.15) is 13.3 Å². The molecule has 1 unspecified atom stereocenters. The number of nitrogens with one attached hydrogen (secondary N) is 1. The monoisotopic (exact) mass is 276 g/mol. The van der Waals surface area contributed by atoms with Crippen LogP contribution in [0, 0.1) is 5.82 Å². The Balaban J connectivity index is 2.93. The fraction of sp³-hybridized carbons (Fsp3) is 0.455. The third kappa shape index (κ3) is 3.66. The summed E-state index contributed by atoms with van der Waals surface area (Å²) in [6.45, 7) is 2.09. The van der Waals surface area contributed by atoms with Gasteiger partial charge in [-0.05, 0) is 25.5 Å². The van der Waals surface area contributed by atoms with Gasteiger partial charge >= 0.3 is 0 Å². The molecule has 0 aliphatic carbocycles. The SMILES string of the molecule is COCCC(C)NS(=O)(=O)c1c(N)cccc1F. The van der Waals surface area contributed by atoms with Crippen molar-refractivity contribution >= 4 is 15.7 Å². The highest BCUT2D eigenvalue weighted by atomic mass is 32.2. The first-order valence-corrected chi connectivity index (χ1v) is 6.92. The Hall–Kier alpha value is -1.18. The maximum absolute atomic E-state index is 13.5. The van der Waals surface area contributed by atoms with Gasteiger partial charge in [0, 0.05) is 19.8 Å². The molecule has 0 aliphatic heterocycles. The summed E-state index contributed by atoms with van der Waals surface area (Å²) in [5.41, 5.74) is 5.39. The van der Waals surface area contributed by atoms with Crippen molar-refractivity contribution in [1.29, 1.82) is 0 Å². The highest BCUT2D eigenvalue weighted by Gasteiger charge is 2.23. The normalized spacial score (nSPS) is 13.5. The summed E-state index contributed by atoms with van der Waals surface area (Å²) in [5.74, 6) is -0.860. The molecule has 0 saturated carbocycles. The van der Waals surface area contributed by atoms with Crippen molar-refractivity contribution in [3.63, 3.8) is 0 Å². The molecule has 1 aromatic rings. The topological polar surface area (TPSA) is 81.4 Å². The number of hydrogen-bond acceptors (Lipinski definition) is 4. The second-order valence-electron chi connectivity index (χ2n) is 3.96. The summed E-state index contributed by atoms with van der Waals surface area (Å²) in [4.78, 5) is -0.505. The van der Waals surface area contributed by atoms with Gasteiger partial charge in [-0.2, -0.15) is 0 Å². The van der Waals surface area contributed by atoms with Crippen LogP contribution in [0.25, 0.3) is 0 Å². The molecule has 1 atom stereocenters. The summed E-state index contributed by atoms with van der Waals surface area (Å²) in [6, 6.07) is 3.40. The fourth-order valence-electron chi connectivity index (χ4n) is 1.49. The second kappa shape index (κ2) is 6.12. The van der Waals surface area contributed by atoms with Crippen molar-refractivity contribution in [3.8, 4) is 0 Å². The Morgan fingerprint density at radius 2 is 2.17 bits per heavy atom. The van der Waals surface area contributed by atoms with E-state index in [9.17, 15) is 12.8 Å². The van der Waals surface area contributed by atoms with E-state index in [0.29, 0.717) is 13.0 Å². The molecule has 0 aromatic heterocycles. The highest BCUT2D eigenvalue weighted by molar-refractivity contribution is 7.89. The van der Waals surface area contributed by atoms with Crippen molar-refractivity contribution in [3.05, 3.63) is 24.0 Å². The minimum Gasteiger partial charge on any atom is -0.398 e. The molecule has 3 N–H and O–H groups in total. The zero-order valence-electron chi connectivity index (χ0n) is 10.3. The molecule has 1 rings (SSSR count). The van der Waals surface area contributed by atoms with Crippen molar-refractivity contribution in [1.82, 2.24) is 4.72 Å². The van der Waals surface area contributed by atoms with Crippen LogP contribution in [0.2, 0.25) is 0 Å². The molecule has 18 heavy (non-hydrogen) atoms. The van der Waals surface area contributed by atoms with Crippen LogP contribution in [-0.4, -0.2) is 28.2 Å². The van der Waals surface area contributed by atoms with Gasteiger partial charge in [0.05, 0.1) is 5.69 Å². The van der Waals surface area contributed by atoms with Crippen LogP contribution in [0.3, 0.4) is 0 Å². The number of anilines is 1.